The Labute approximate surface area is 187 Å². The Balaban J connectivity index is 1.95. The lowest BCUT2D eigenvalue weighted by molar-refractivity contribution is 0.169. The van der Waals surface area contributed by atoms with Crippen molar-refractivity contribution in [1.82, 2.24) is 9.78 Å². The summed E-state index contributed by atoms with van der Waals surface area (Å²) in [5.41, 5.74) is 7.44. The molecule has 0 atom stereocenters. The maximum atomic E-state index is 12.4. The number of hydrogen-bond donors (Lipinski definition) is 0. The quantitative estimate of drug-likeness (QED) is 0.502. The second kappa shape index (κ2) is 9.02. The highest BCUT2D eigenvalue weighted by Crippen LogP contribution is 2.42. The van der Waals surface area contributed by atoms with E-state index in [1.54, 1.807) is 0 Å². The van der Waals surface area contributed by atoms with Crippen molar-refractivity contribution in [3.8, 4) is 0 Å². The van der Waals surface area contributed by atoms with Crippen molar-refractivity contribution in [3.05, 3.63) is 51.9 Å². The fourth-order valence-corrected chi connectivity index (χ4v) is 5.21. The van der Waals surface area contributed by atoms with E-state index in [1.807, 2.05) is 18.2 Å². The van der Waals surface area contributed by atoms with Gasteiger partial charge in [0.25, 0.3) is 0 Å². The van der Waals surface area contributed by atoms with E-state index in [0.717, 1.165) is 24.2 Å². The van der Waals surface area contributed by atoms with Gasteiger partial charge in [-0.2, -0.15) is 9.78 Å². The van der Waals surface area contributed by atoms with Gasteiger partial charge in [0.1, 0.15) is 0 Å². The average Bonchev–Trinajstić information content (AvgIpc) is 3.08. The number of rotatable bonds is 4. The molecule has 168 valence electrons. The van der Waals surface area contributed by atoms with Crippen molar-refractivity contribution < 1.29 is 9.53 Å². The third-order valence-corrected chi connectivity index (χ3v) is 7.03. The maximum absolute atomic E-state index is 12.4. The van der Waals surface area contributed by atoms with Crippen LogP contribution in [0, 0.1) is 10.8 Å². The van der Waals surface area contributed by atoms with Crippen LogP contribution in [0.3, 0.4) is 0 Å². The van der Waals surface area contributed by atoms with Crippen molar-refractivity contribution in [2.45, 2.75) is 80.1 Å². The summed E-state index contributed by atoms with van der Waals surface area (Å²) in [6.07, 6.45) is 15.0. The van der Waals surface area contributed by atoms with Crippen molar-refractivity contribution in [1.29, 1.82) is 0 Å². The van der Waals surface area contributed by atoms with Gasteiger partial charge in [-0.25, -0.2) is 4.79 Å². The Hall–Kier alpha value is -2.36. The van der Waals surface area contributed by atoms with Crippen LogP contribution in [-0.4, -0.2) is 23.0 Å². The Morgan fingerprint density at radius 3 is 1.94 bits per heavy atom. The first-order chi connectivity index (χ1) is 14.5. The van der Waals surface area contributed by atoms with E-state index in [-0.39, 0.29) is 10.8 Å². The number of allylic oxidation sites excluding steroid dienone is 6. The molecule has 2 aliphatic carbocycles. The molecule has 0 aliphatic heterocycles. The number of methoxy groups -OCH3 is 1. The molecule has 0 saturated heterocycles. The smallest absolute Gasteiger partial charge is 0.434 e. The van der Waals surface area contributed by atoms with Gasteiger partial charge in [0, 0.05) is 0 Å². The minimum atomic E-state index is -0.471. The molecular formula is C27H38N2O2. The molecule has 0 saturated carbocycles. The first-order valence-electron chi connectivity index (χ1n) is 11.5. The number of carbonyl (C=O) groups is 1. The third kappa shape index (κ3) is 5.11. The third-order valence-electron chi connectivity index (χ3n) is 7.03. The molecule has 2 aliphatic rings. The molecule has 0 fully saturated rings. The predicted octanol–water partition coefficient (Wildman–Crippen LogP) is 7.58. The molecule has 4 heteroatoms. The number of carbonyl (C=O) groups excluding carboxylic acids is 1. The fourth-order valence-electron chi connectivity index (χ4n) is 5.21. The largest absolute Gasteiger partial charge is 0.451 e. The van der Waals surface area contributed by atoms with Gasteiger partial charge in [0.15, 0.2) is 0 Å². The summed E-state index contributed by atoms with van der Waals surface area (Å²) in [6.45, 7) is 13.6. The SMILES string of the molecule is COC(=O)n1nc(/C=C/C2=C(C)CCCC2(C)C)cc1/C=C/C1=C(C)CCCC1(C)C. The molecule has 1 heterocycles. The molecule has 0 aromatic carbocycles. The molecule has 1 aromatic heterocycles. The lowest BCUT2D eigenvalue weighted by atomic mass is 9.72. The standard InChI is InChI=1S/C27H38N2O2/c1-19-10-8-16-26(3,4)23(19)14-12-21-18-22(29(28-21)25(30)31-7)13-15-24-20(2)11-9-17-27(24,5)6/h12-15,18H,8-11,16-17H2,1-7H3/b14-12+,15-13+. The summed E-state index contributed by atoms with van der Waals surface area (Å²) < 4.78 is 6.33. The van der Waals surface area contributed by atoms with Gasteiger partial charge < -0.3 is 4.74 Å². The van der Waals surface area contributed by atoms with Gasteiger partial charge in [0.2, 0.25) is 0 Å². The number of hydrogen-bond acceptors (Lipinski definition) is 3. The van der Waals surface area contributed by atoms with Crippen LogP contribution >= 0.6 is 0 Å². The van der Waals surface area contributed by atoms with Gasteiger partial charge in [-0.1, -0.05) is 51.0 Å². The zero-order valence-electron chi connectivity index (χ0n) is 20.3. The van der Waals surface area contributed by atoms with Gasteiger partial charge in [-0.05, 0) is 92.6 Å². The van der Waals surface area contributed by atoms with Crippen LogP contribution in [0.25, 0.3) is 12.2 Å². The minimum absolute atomic E-state index is 0.147. The molecule has 0 radical (unpaired) electrons. The molecular weight excluding hydrogens is 384 g/mol. The van der Waals surface area contributed by atoms with E-state index in [4.69, 9.17) is 4.74 Å². The Morgan fingerprint density at radius 1 is 0.935 bits per heavy atom. The minimum Gasteiger partial charge on any atom is -0.451 e. The highest BCUT2D eigenvalue weighted by atomic mass is 16.5. The zero-order valence-corrected chi connectivity index (χ0v) is 20.3. The summed E-state index contributed by atoms with van der Waals surface area (Å²) in [5, 5.41) is 4.52. The summed E-state index contributed by atoms with van der Waals surface area (Å²) in [7, 11) is 1.39. The number of ether oxygens (including phenoxy) is 1. The zero-order chi connectivity index (χ0) is 22.8. The van der Waals surface area contributed by atoms with Gasteiger partial charge in [0.05, 0.1) is 18.5 Å². The van der Waals surface area contributed by atoms with Gasteiger partial charge in [-0.3, -0.25) is 0 Å². The van der Waals surface area contributed by atoms with E-state index < -0.39 is 6.09 Å². The topological polar surface area (TPSA) is 44.1 Å². The van der Waals surface area contributed by atoms with E-state index in [1.165, 1.54) is 59.8 Å². The summed E-state index contributed by atoms with van der Waals surface area (Å²) >= 11 is 0. The lowest BCUT2D eigenvalue weighted by Crippen LogP contribution is -2.19. The van der Waals surface area contributed by atoms with E-state index in [9.17, 15) is 4.79 Å². The maximum Gasteiger partial charge on any atom is 0.434 e. The summed E-state index contributed by atoms with van der Waals surface area (Å²) in [6, 6.07) is 1.96. The second-order valence-electron chi connectivity index (χ2n) is 10.4. The second-order valence-corrected chi connectivity index (χ2v) is 10.4. The highest BCUT2D eigenvalue weighted by molar-refractivity contribution is 5.74. The average molecular weight is 423 g/mol. The lowest BCUT2D eigenvalue weighted by Gasteiger charge is -2.32. The number of aromatic nitrogens is 2. The van der Waals surface area contributed by atoms with E-state index in [2.05, 4.69) is 58.8 Å². The highest BCUT2D eigenvalue weighted by Gasteiger charge is 2.28. The first kappa shape index (κ1) is 23.3. The van der Waals surface area contributed by atoms with Crippen LogP contribution in [0.5, 0.6) is 0 Å². The molecule has 0 N–H and O–H groups in total. The van der Waals surface area contributed by atoms with Crippen LogP contribution in [0.4, 0.5) is 4.79 Å². The first-order valence-corrected chi connectivity index (χ1v) is 11.5. The van der Waals surface area contributed by atoms with Gasteiger partial charge in [-0.15, -0.1) is 0 Å². The Bertz CT molecular complexity index is 967. The number of nitrogens with zero attached hydrogens (tertiary/aromatic N) is 2. The van der Waals surface area contributed by atoms with E-state index >= 15 is 0 Å². The van der Waals surface area contributed by atoms with Crippen LogP contribution in [0.2, 0.25) is 0 Å². The van der Waals surface area contributed by atoms with Crippen molar-refractivity contribution >= 4 is 18.2 Å². The normalized spacial score (nSPS) is 21.4. The van der Waals surface area contributed by atoms with Gasteiger partial charge >= 0.3 is 6.09 Å². The fraction of sp³-hybridized carbons (Fsp3) is 0.556. The molecule has 1 aromatic rings. The van der Waals surface area contributed by atoms with E-state index in [0.29, 0.717) is 0 Å². The molecule has 0 amide bonds. The van der Waals surface area contributed by atoms with Crippen molar-refractivity contribution in [3.63, 3.8) is 0 Å². The van der Waals surface area contributed by atoms with Crippen LogP contribution < -0.4 is 0 Å². The Morgan fingerprint density at radius 2 is 1.45 bits per heavy atom. The predicted molar refractivity (Wildman–Crippen MR) is 129 cm³/mol. The van der Waals surface area contributed by atoms with Crippen LogP contribution in [-0.2, 0) is 4.74 Å². The molecule has 0 unspecified atom stereocenters. The molecule has 0 spiro atoms. The summed E-state index contributed by atoms with van der Waals surface area (Å²) in [4.78, 5) is 12.4. The molecule has 4 nitrogen and oxygen atoms in total. The molecule has 0 bridgehead atoms. The Kier molecular flexibility index (Phi) is 6.78. The van der Waals surface area contributed by atoms with Crippen LogP contribution in [0.1, 0.15) is 91.5 Å². The van der Waals surface area contributed by atoms with Crippen LogP contribution in [0.15, 0.2) is 40.5 Å². The monoisotopic (exact) mass is 422 g/mol. The molecule has 31 heavy (non-hydrogen) atoms. The van der Waals surface area contributed by atoms with Crippen molar-refractivity contribution in [2.75, 3.05) is 7.11 Å². The molecule has 3 rings (SSSR count). The summed E-state index contributed by atoms with van der Waals surface area (Å²) in [5.74, 6) is 0. The van der Waals surface area contributed by atoms with Crippen molar-refractivity contribution in [2.24, 2.45) is 10.8 Å².